The zero-order valence-electron chi connectivity index (χ0n) is 10.8. The minimum absolute atomic E-state index is 0.550. The molecule has 0 aliphatic heterocycles. The molecule has 2 aliphatic rings. The lowest BCUT2D eigenvalue weighted by molar-refractivity contribution is 0.0548. The molecule has 0 heterocycles. The van der Waals surface area contributed by atoms with Crippen molar-refractivity contribution in [3.63, 3.8) is 0 Å². The van der Waals surface area contributed by atoms with Gasteiger partial charge in [0.25, 0.3) is 0 Å². The zero-order valence-corrected chi connectivity index (χ0v) is 10.8. The van der Waals surface area contributed by atoms with E-state index in [2.05, 4.69) is 39.8 Å². The summed E-state index contributed by atoms with van der Waals surface area (Å²) in [6.07, 6.45) is 12.0. The van der Waals surface area contributed by atoms with E-state index in [1.54, 1.807) is 0 Å². The van der Waals surface area contributed by atoms with Crippen LogP contribution >= 0.6 is 0 Å². The molecule has 2 rings (SSSR count). The van der Waals surface area contributed by atoms with Gasteiger partial charge in [-0.2, -0.15) is 0 Å². The first-order chi connectivity index (χ1) is 7.14. The number of allylic oxidation sites excluding steroid dienone is 2. The molecule has 0 radical (unpaired) electrons. The molecule has 0 heteroatoms. The van der Waals surface area contributed by atoms with Crippen molar-refractivity contribution >= 4 is 0 Å². The van der Waals surface area contributed by atoms with Gasteiger partial charge in [-0.3, -0.25) is 0 Å². The zero-order chi connectivity index (χ0) is 11.1. The molecule has 15 heavy (non-hydrogen) atoms. The second-order valence-corrected chi connectivity index (χ2v) is 5.81. The first-order valence-electron chi connectivity index (χ1n) is 6.84. The Morgan fingerprint density at radius 2 is 1.93 bits per heavy atom. The van der Waals surface area contributed by atoms with Crippen molar-refractivity contribution in [1.82, 2.24) is 0 Å². The van der Waals surface area contributed by atoms with Crippen LogP contribution in [0.5, 0.6) is 0 Å². The van der Waals surface area contributed by atoms with Gasteiger partial charge in [0.15, 0.2) is 0 Å². The molecule has 1 saturated carbocycles. The highest BCUT2D eigenvalue weighted by atomic mass is 14.6. The smallest absolute Gasteiger partial charge is 0.00586 e. The number of hydrogen-bond donors (Lipinski definition) is 0. The highest BCUT2D eigenvalue weighted by Gasteiger charge is 2.59. The lowest BCUT2D eigenvalue weighted by atomic mass is 9.59. The highest BCUT2D eigenvalue weighted by Crippen LogP contribution is 2.67. The molecule has 0 N–H and O–H groups in total. The molecule has 0 aromatic carbocycles. The van der Waals surface area contributed by atoms with E-state index in [9.17, 15) is 0 Å². The van der Waals surface area contributed by atoms with Crippen LogP contribution in [-0.2, 0) is 0 Å². The number of rotatable bonds is 3. The van der Waals surface area contributed by atoms with Crippen LogP contribution in [-0.4, -0.2) is 0 Å². The molecule has 0 aromatic rings. The number of hydrogen-bond acceptors (Lipinski definition) is 0. The molecule has 86 valence electrons. The van der Waals surface area contributed by atoms with Crippen molar-refractivity contribution < 1.29 is 0 Å². The van der Waals surface area contributed by atoms with Crippen molar-refractivity contribution in [2.24, 2.45) is 22.7 Å². The lowest BCUT2D eigenvalue weighted by Crippen LogP contribution is -2.39. The Morgan fingerprint density at radius 1 is 1.20 bits per heavy atom. The van der Waals surface area contributed by atoms with Gasteiger partial charge in [0.1, 0.15) is 0 Å². The maximum absolute atomic E-state index is 2.58. The van der Waals surface area contributed by atoms with Crippen molar-refractivity contribution in [3.8, 4) is 0 Å². The third-order valence-electron chi connectivity index (χ3n) is 5.84. The number of fused-ring (bicyclic) bond motifs is 1. The van der Waals surface area contributed by atoms with Gasteiger partial charge >= 0.3 is 0 Å². The van der Waals surface area contributed by atoms with Crippen molar-refractivity contribution in [3.05, 3.63) is 12.2 Å². The van der Waals surface area contributed by atoms with Crippen LogP contribution in [0.1, 0.15) is 59.8 Å². The van der Waals surface area contributed by atoms with Crippen LogP contribution in [0.25, 0.3) is 0 Å². The fraction of sp³-hybridized carbons (Fsp3) is 0.867. The molecule has 0 saturated heterocycles. The van der Waals surface area contributed by atoms with E-state index in [0.717, 1.165) is 11.8 Å². The molecule has 0 nitrogen and oxygen atoms in total. The minimum atomic E-state index is 0.550. The van der Waals surface area contributed by atoms with Crippen LogP contribution in [0, 0.1) is 22.7 Å². The van der Waals surface area contributed by atoms with E-state index >= 15 is 0 Å². The second-order valence-electron chi connectivity index (χ2n) is 5.81. The van der Waals surface area contributed by atoms with Crippen LogP contribution in [0.3, 0.4) is 0 Å². The maximum Gasteiger partial charge on any atom is -0.00586 e. The molecular weight excluding hydrogens is 180 g/mol. The van der Waals surface area contributed by atoms with Gasteiger partial charge < -0.3 is 0 Å². The molecule has 0 bridgehead atoms. The molecule has 1 fully saturated rings. The predicted molar refractivity (Wildman–Crippen MR) is 66.8 cm³/mol. The summed E-state index contributed by atoms with van der Waals surface area (Å²) in [5.74, 6) is 1.79. The van der Waals surface area contributed by atoms with Crippen molar-refractivity contribution in [1.29, 1.82) is 0 Å². The molecule has 0 amide bonds. The molecule has 2 aliphatic carbocycles. The SMILES string of the molecule is CCC1C=CC2(CC)CCC(CC)C12C. The average molecular weight is 206 g/mol. The topological polar surface area (TPSA) is 0 Å². The van der Waals surface area contributed by atoms with Crippen LogP contribution in [0.15, 0.2) is 12.2 Å². The fourth-order valence-electron chi connectivity index (χ4n) is 4.71. The van der Waals surface area contributed by atoms with Crippen molar-refractivity contribution in [2.45, 2.75) is 59.8 Å². The van der Waals surface area contributed by atoms with E-state index < -0.39 is 0 Å². The fourth-order valence-corrected chi connectivity index (χ4v) is 4.71. The van der Waals surface area contributed by atoms with E-state index in [1.807, 2.05) is 0 Å². The molecule has 4 atom stereocenters. The van der Waals surface area contributed by atoms with Gasteiger partial charge in [-0.25, -0.2) is 0 Å². The van der Waals surface area contributed by atoms with Crippen molar-refractivity contribution in [2.75, 3.05) is 0 Å². The third kappa shape index (κ3) is 1.20. The van der Waals surface area contributed by atoms with Gasteiger partial charge in [0, 0.05) is 0 Å². The Balaban J connectivity index is 2.38. The first kappa shape index (κ1) is 11.2. The summed E-state index contributed by atoms with van der Waals surface area (Å²) < 4.78 is 0. The van der Waals surface area contributed by atoms with Crippen LogP contribution < -0.4 is 0 Å². The average Bonchev–Trinajstić information content (AvgIpc) is 2.68. The Kier molecular flexibility index (Phi) is 2.73. The minimum Gasteiger partial charge on any atom is -0.0843 e. The molecular formula is C15H26. The van der Waals surface area contributed by atoms with Gasteiger partial charge in [-0.15, -0.1) is 0 Å². The van der Waals surface area contributed by atoms with Crippen LogP contribution in [0.4, 0.5) is 0 Å². The van der Waals surface area contributed by atoms with Gasteiger partial charge in [0.05, 0.1) is 0 Å². The summed E-state index contributed by atoms with van der Waals surface area (Å²) in [6.45, 7) is 9.70. The maximum atomic E-state index is 2.58. The molecule has 0 aromatic heterocycles. The van der Waals surface area contributed by atoms with Crippen LogP contribution in [0.2, 0.25) is 0 Å². The Hall–Kier alpha value is -0.260. The molecule has 4 unspecified atom stereocenters. The largest absolute Gasteiger partial charge is 0.0843 e. The predicted octanol–water partition coefficient (Wildman–Crippen LogP) is 4.81. The third-order valence-corrected chi connectivity index (χ3v) is 5.84. The van der Waals surface area contributed by atoms with Gasteiger partial charge in [0.2, 0.25) is 0 Å². The van der Waals surface area contributed by atoms with E-state index in [0.29, 0.717) is 10.8 Å². The Labute approximate surface area is 95.1 Å². The lowest BCUT2D eigenvalue weighted by Gasteiger charge is -2.45. The highest BCUT2D eigenvalue weighted by molar-refractivity contribution is 5.24. The molecule has 0 spiro atoms. The Bertz CT molecular complexity index is 265. The normalized spacial score (nSPS) is 48.5. The monoisotopic (exact) mass is 206 g/mol. The summed E-state index contributed by atoms with van der Waals surface area (Å²) in [4.78, 5) is 0. The van der Waals surface area contributed by atoms with Gasteiger partial charge in [-0.1, -0.05) is 46.3 Å². The Morgan fingerprint density at radius 3 is 2.47 bits per heavy atom. The van der Waals surface area contributed by atoms with E-state index in [1.165, 1.54) is 32.1 Å². The standard InChI is InChI=1S/C15H26/c1-5-12-8-10-15(7-3)11-9-13(6-2)14(12,15)4/h8,10,12-13H,5-7,9,11H2,1-4H3. The summed E-state index contributed by atoms with van der Waals surface area (Å²) in [5.41, 5.74) is 1.12. The van der Waals surface area contributed by atoms with E-state index in [-0.39, 0.29) is 0 Å². The quantitative estimate of drug-likeness (QED) is 0.582. The summed E-state index contributed by atoms with van der Waals surface area (Å²) in [7, 11) is 0. The summed E-state index contributed by atoms with van der Waals surface area (Å²) >= 11 is 0. The summed E-state index contributed by atoms with van der Waals surface area (Å²) in [5, 5.41) is 0. The van der Waals surface area contributed by atoms with Gasteiger partial charge in [-0.05, 0) is 48.3 Å². The van der Waals surface area contributed by atoms with E-state index in [4.69, 9.17) is 0 Å². The summed E-state index contributed by atoms with van der Waals surface area (Å²) in [6, 6.07) is 0. The first-order valence-corrected chi connectivity index (χ1v) is 6.84. The second kappa shape index (κ2) is 3.64.